The number of hydrogen-bond donors (Lipinski definition) is 3. The summed E-state index contributed by atoms with van der Waals surface area (Å²) in [5.74, 6) is 0. The van der Waals surface area contributed by atoms with Crippen LogP contribution in [-0.2, 0) is 6.54 Å². The van der Waals surface area contributed by atoms with Crippen molar-refractivity contribution >= 4 is 23.2 Å². The highest BCUT2D eigenvalue weighted by Gasteiger charge is 2.15. The van der Waals surface area contributed by atoms with E-state index in [0.717, 1.165) is 32.7 Å². The highest BCUT2D eigenvalue weighted by Crippen LogP contribution is 2.11. The molecule has 0 bridgehead atoms. The van der Waals surface area contributed by atoms with Gasteiger partial charge in [-0.3, -0.25) is 4.90 Å². The molecule has 0 unspecified atom stereocenters. The van der Waals surface area contributed by atoms with Crippen LogP contribution in [0.5, 0.6) is 0 Å². The Morgan fingerprint density at radius 3 is 2.67 bits per heavy atom. The van der Waals surface area contributed by atoms with Gasteiger partial charge < -0.3 is 15.4 Å². The summed E-state index contributed by atoms with van der Waals surface area (Å²) in [4.78, 5) is 3.57. The van der Waals surface area contributed by atoms with Crippen LogP contribution in [0.2, 0.25) is 0 Å². The molecule has 2 heterocycles. The van der Waals surface area contributed by atoms with Gasteiger partial charge >= 0.3 is 7.12 Å². The Kier molecular flexibility index (Phi) is 3.77. The molecule has 0 aromatic carbocycles. The summed E-state index contributed by atoms with van der Waals surface area (Å²) in [6, 6.07) is 3.76. The topological polar surface area (TPSA) is 55.7 Å². The molecule has 0 spiro atoms. The molecule has 82 valence electrons. The second-order valence-electron chi connectivity index (χ2n) is 3.70. The first-order valence-electron chi connectivity index (χ1n) is 5.13. The lowest BCUT2D eigenvalue weighted by Gasteiger charge is -2.26. The van der Waals surface area contributed by atoms with Crippen LogP contribution in [0.3, 0.4) is 0 Å². The lowest BCUT2D eigenvalue weighted by molar-refractivity contribution is 0.235. The maximum atomic E-state index is 8.99. The lowest BCUT2D eigenvalue weighted by atomic mass is 9.90. The zero-order chi connectivity index (χ0) is 10.7. The first kappa shape index (κ1) is 11.1. The number of thiophene rings is 1. The first-order valence-corrected chi connectivity index (χ1v) is 5.95. The Morgan fingerprint density at radius 1 is 1.33 bits per heavy atom. The molecule has 0 atom stereocenters. The lowest BCUT2D eigenvalue weighted by Crippen LogP contribution is -2.42. The van der Waals surface area contributed by atoms with Crippen LogP contribution in [0, 0.1) is 0 Å². The van der Waals surface area contributed by atoms with E-state index in [1.165, 1.54) is 16.2 Å². The summed E-state index contributed by atoms with van der Waals surface area (Å²) < 4.78 is 0.625. The summed E-state index contributed by atoms with van der Waals surface area (Å²) in [6.07, 6.45) is 0. The summed E-state index contributed by atoms with van der Waals surface area (Å²) in [6.45, 7) is 5.13. The van der Waals surface area contributed by atoms with Gasteiger partial charge in [-0.1, -0.05) is 6.07 Å². The number of hydrogen-bond acceptors (Lipinski definition) is 5. The van der Waals surface area contributed by atoms with E-state index in [2.05, 4.69) is 10.2 Å². The first-order chi connectivity index (χ1) is 7.25. The second-order valence-corrected chi connectivity index (χ2v) is 4.90. The quantitative estimate of drug-likeness (QED) is 0.569. The third-order valence-electron chi connectivity index (χ3n) is 2.53. The van der Waals surface area contributed by atoms with Gasteiger partial charge in [-0.25, -0.2) is 0 Å². The van der Waals surface area contributed by atoms with Gasteiger partial charge in [0.15, 0.2) is 0 Å². The molecular formula is C9H15BN2O2S. The Morgan fingerprint density at radius 2 is 2.07 bits per heavy atom. The Bertz CT molecular complexity index is 313. The van der Waals surface area contributed by atoms with Crippen molar-refractivity contribution in [2.75, 3.05) is 26.2 Å². The molecule has 0 radical (unpaired) electrons. The van der Waals surface area contributed by atoms with Crippen LogP contribution in [0.15, 0.2) is 12.1 Å². The van der Waals surface area contributed by atoms with Crippen molar-refractivity contribution in [1.29, 1.82) is 0 Å². The summed E-state index contributed by atoms with van der Waals surface area (Å²) in [5.41, 5.74) is 0. The van der Waals surface area contributed by atoms with Crippen LogP contribution in [0.4, 0.5) is 0 Å². The summed E-state index contributed by atoms with van der Waals surface area (Å²) in [7, 11) is -1.33. The maximum Gasteiger partial charge on any atom is 0.499 e. The van der Waals surface area contributed by atoms with E-state index in [1.54, 1.807) is 6.07 Å². The molecule has 2 rings (SSSR count). The van der Waals surface area contributed by atoms with E-state index < -0.39 is 7.12 Å². The molecular weight excluding hydrogens is 211 g/mol. The second kappa shape index (κ2) is 5.09. The Hall–Kier alpha value is -0.395. The molecule has 0 aliphatic carbocycles. The fourth-order valence-electron chi connectivity index (χ4n) is 1.71. The Balaban J connectivity index is 1.91. The van der Waals surface area contributed by atoms with Gasteiger partial charge in [-0.2, -0.15) is 0 Å². The molecule has 1 fully saturated rings. The van der Waals surface area contributed by atoms with Gasteiger partial charge in [0.1, 0.15) is 0 Å². The van der Waals surface area contributed by atoms with E-state index in [-0.39, 0.29) is 0 Å². The minimum atomic E-state index is -1.33. The van der Waals surface area contributed by atoms with Crippen LogP contribution in [-0.4, -0.2) is 48.2 Å². The molecule has 1 aromatic rings. The smallest absolute Gasteiger partial charge is 0.423 e. The molecule has 4 nitrogen and oxygen atoms in total. The normalized spacial score (nSPS) is 18.0. The fraction of sp³-hybridized carbons (Fsp3) is 0.556. The van der Waals surface area contributed by atoms with Gasteiger partial charge in [-0.05, 0) is 6.07 Å². The molecule has 0 amide bonds. The van der Waals surface area contributed by atoms with Crippen LogP contribution in [0.25, 0.3) is 0 Å². The van der Waals surface area contributed by atoms with Crippen LogP contribution >= 0.6 is 11.3 Å². The average Bonchev–Trinajstić information content (AvgIpc) is 2.68. The van der Waals surface area contributed by atoms with Crippen molar-refractivity contribution in [3.05, 3.63) is 17.0 Å². The maximum absolute atomic E-state index is 8.99. The van der Waals surface area contributed by atoms with Crippen molar-refractivity contribution in [1.82, 2.24) is 10.2 Å². The molecule has 1 saturated heterocycles. The van der Waals surface area contributed by atoms with Gasteiger partial charge in [0.05, 0.1) is 0 Å². The summed E-state index contributed by atoms with van der Waals surface area (Å²) in [5, 5.41) is 21.3. The van der Waals surface area contributed by atoms with Crippen molar-refractivity contribution in [3.8, 4) is 0 Å². The fourth-order valence-corrected chi connectivity index (χ4v) is 2.64. The molecule has 6 heteroatoms. The van der Waals surface area contributed by atoms with Gasteiger partial charge in [0.2, 0.25) is 0 Å². The SMILES string of the molecule is OB(O)c1ccc(CN2CCNCC2)s1. The molecule has 15 heavy (non-hydrogen) atoms. The van der Waals surface area contributed by atoms with Crippen molar-refractivity contribution < 1.29 is 10.0 Å². The zero-order valence-corrected chi connectivity index (χ0v) is 9.33. The van der Waals surface area contributed by atoms with Gasteiger partial charge in [0, 0.05) is 42.4 Å². The highest BCUT2D eigenvalue weighted by molar-refractivity contribution is 7.22. The highest BCUT2D eigenvalue weighted by atomic mass is 32.1. The van der Waals surface area contributed by atoms with E-state index in [9.17, 15) is 0 Å². The van der Waals surface area contributed by atoms with Crippen molar-refractivity contribution in [3.63, 3.8) is 0 Å². The van der Waals surface area contributed by atoms with E-state index in [1.807, 2.05) is 6.07 Å². The third-order valence-corrected chi connectivity index (χ3v) is 3.64. The van der Waals surface area contributed by atoms with Crippen LogP contribution < -0.4 is 10.1 Å². The van der Waals surface area contributed by atoms with Crippen molar-refractivity contribution in [2.45, 2.75) is 6.54 Å². The predicted octanol–water partition coefficient (Wildman–Crippen LogP) is -1.17. The van der Waals surface area contributed by atoms with Gasteiger partial charge in [-0.15, -0.1) is 11.3 Å². The Labute approximate surface area is 93.7 Å². The van der Waals surface area contributed by atoms with Crippen LogP contribution in [0.1, 0.15) is 4.88 Å². The van der Waals surface area contributed by atoms with E-state index in [0.29, 0.717) is 4.78 Å². The molecule has 0 saturated carbocycles. The molecule has 3 N–H and O–H groups in total. The van der Waals surface area contributed by atoms with E-state index in [4.69, 9.17) is 10.0 Å². The number of piperazine rings is 1. The minimum absolute atomic E-state index is 0.625. The number of nitrogens with zero attached hydrogens (tertiary/aromatic N) is 1. The average molecular weight is 226 g/mol. The predicted molar refractivity (Wildman–Crippen MR) is 62.3 cm³/mol. The third kappa shape index (κ3) is 3.03. The molecule has 1 aliphatic rings. The summed E-state index contributed by atoms with van der Waals surface area (Å²) >= 11 is 1.47. The number of rotatable bonds is 3. The van der Waals surface area contributed by atoms with Crippen molar-refractivity contribution in [2.24, 2.45) is 0 Å². The molecule has 1 aliphatic heterocycles. The van der Waals surface area contributed by atoms with E-state index >= 15 is 0 Å². The number of nitrogens with one attached hydrogen (secondary N) is 1. The molecule has 1 aromatic heterocycles. The minimum Gasteiger partial charge on any atom is -0.423 e. The van der Waals surface area contributed by atoms with Gasteiger partial charge in [0.25, 0.3) is 0 Å². The monoisotopic (exact) mass is 226 g/mol. The largest absolute Gasteiger partial charge is 0.499 e. The standard InChI is InChI=1S/C9H15BN2O2S/c13-10(14)9-2-1-8(15-9)7-12-5-3-11-4-6-12/h1-2,11,13-14H,3-7H2. The zero-order valence-electron chi connectivity index (χ0n) is 8.52.